The van der Waals surface area contributed by atoms with Crippen molar-refractivity contribution in [2.24, 2.45) is 0 Å². The zero-order valence-corrected chi connectivity index (χ0v) is 12.5. The van der Waals surface area contributed by atoms with Crippen LogP contribution >= 0.6 is 22.9 Å². The van der Waals surface area contributed by atoms with Gasteiger partial charge in [0.25, 0.3) is 0 Å². The van der Waals surface area contributed by atoms with Gasteiger partial charge in [0.15, 0.2) is 0 Å². The van der Waals surface area contributed by atoms with Gasteiger partial charge in [-0.3, -0.25) is 9.59 Å². The van der Waals surface area contributed by atoms with Gasteiger partial charge in [0.1, 0.15) is 0 Å². The van der Waals surface area contributed by atoms with Crippen molar-refractivity contribution < 1.29 is 19.4 Å². The van der Waals surface area contributed by atoms with Crippen molar-refractivity contribution in [2.45, 2.75) is 25.4 Å². The fourth-order valence-electron chi connectivity index (χ4n) is 2.14. The van der Waals surface area contributed by atoms with E-state index >= 15 is 0 Å². The summed E-state index contributed by atoms with van der Waals surface area (Å²) in [7, 11) is 0. The molecule has 0 aromatic carbocycles. The second kappa shape index (κ2) is 7.06. The molecule has 20 heavy (non-hydrogen) atoms. The molecule has 1 amide bonds. The lowest BCUT2D eigenvalue weighted by atomic mass is 10.2. The topological polar surface area (TPSA) is 66.8 Å². The summed E-state index contributed by atoms with van der Waals surface area (Å²) in [5, 5.41) is 11.3. The van der Waals surface area contributed by atoms with E-state index in [0.29, 0.717) is 37.6 Å². The summed E-state index contributed by atoms with van der Waals surface area (Å²) in [6.45, 7) is 1.28. The number of aryl methyl sites for hydroxylation is 1. The summed E-state index contributed by atoms with van der Waals surface area (Å²) in [4.78, 5) is 25.5. The van der Waals surface area contributed by atoms with Gasteiger partial charge in [0, 0.05) is 29.8 Å². The predicted molar refractivity (Wildman–Crippen MR) is 76.2 cm³/mol. The average molecular weight is 318 g/mol. The summed E-state index contributed by atoms with van der Waals surface area (Å²) in [6, 6.07) is 1.87. The minimum absolute atomic E-state index is 0.0354. The minimum Gasteiger partial charge on any atom is -0.481 e. The summed E-state index contributed by atoms with van der Waals surface area (Å²) < 4.78 is 5.35. The van der Waals surface area contributed by atoms with Gasteiger partial charge in [0.2, 0.25) is 5.91 Å². The van der Waals surface area contributed by atoms with Gasteiger partial charge in [-0.25, -0.2) is 0 Å². The number of morpholine rings is 1. The maximum Gasteiger partial charge on any atom is 0.306 e. The molecule has 2 heterocycles. The van der Waals surface area contributed by atoms with Crippen LogP contribution in [0.5, 0.6) is 0 Å². The highest BCUT2D eigenvalue weighted by Crippen LogP contribution is 2.21. The van der Waals surface area contributed by atoms with Crippen LogP contribution in [0.15, 0.2) is 11.4 Å². The third kappa shape index (κ3) is 4.47. The zero-order valence-electron chi connectivity index (χ0n) is 10.9. The largest absolute Gasteiger partial charge is 0.481 e. The van der Waals surface area contributed by atoms with E-state index in [-0.39, 0.29) is 12.3 Å². The second-order valence-electron chi connectivity index (χ2n) is 4.66. The Bertz CT molecular complexity index is 490. The number of halogens is 1. The number of hydrogen-bond donors (Lipinski definition) is 1. The fourth-order valence-corrected chi connectivity index (χ4v) is 3.21. The zero-order chi connectivity index (χ0) is 14.5. The molecule has 1 atom stereocenters. The number of carbonyl (C=O) groups is 2. The molecule has 1 aliphatic heterocycles. The molecule has 5 nitrogen and oxygen atoms in total. The van der Waals surface area contributed by atoms with Crippen LogP contribution in [0.25, 0.3) is 0 Å². The molecule has 2 rings (SSSR count). The van der Waals surface area contributed by atoms with Crippen LogP contribution in [0.3, 0.4) is 0 Å². The number of aliphatic carboxylic acids is 1. The van der Waals surface area contributed by atoms with Gasteiger partial charge >= 0.3 is 5.97 Å². The maximum absolute atomic E-state index is 12.1. The number of ether oxygens (including phenoxy) is 1. The number of hydrogen-bond acceptors (Lipinski definition) is 4. The Labute approximate surface area is 126 Å². The molecule has 0 aliphatic carbocycles. The Balaban J connectivity index is 1.81. The number of thiophene rings is 1. The Kier molecular flexibility index (Phi) is 5.39. The van der Waals surface area contributed by atoms with Gasteiger partial charge in [-0.05, 0) is 12.5 Å². The van der Waals surface area contributed by atoms with Crippen molar-refractivity contribution in [1.29, 1.82) is 0 Å². The van der Waals surface area contributed by atoms with Crippen LogP contribution in [0.2, 0.25) is 5.02 Å². The van der Waals surface area contributed by atoms with E-state index in [1.807, 2.05) is 11.4 Å². The van der Waals surface area contributed by atoms with Crippen LogP contribution in [-0.4, -0.2) is 47.7 Å². The van der Waals surface area contributed by atoms with Crippen molar-refractivity contribution in [2.75, 3.05) is 19.7 Å². The van der Waals surface area contributed by atoms with E-state index in [1.54, 1.807) is 16.2 Å². The Morgan fingerprint density at radius 1 is 1.55 bits per heavy atom. The molecule has 0 radical (unpaired) electrons. The molecule has 1 fully saturated rings. The molecule has 1 aromatic heterocycles. The normalized spacial score (nSPS) is 19.1. The number of amides is 1. The van der Waals surface area contributed by atoms with Crippen molar-refractivity contribution >= 4 is 34.8 Å². The molecule has 1 N–H and O–H groups in total. The molecule has 7 heteroatoms. The standard InChI is InChI=1S/C13H16ClNO4S/c14-9-5-11(20-8-9)1-2-12(16)15-3-4-19-10(7-15)6-13(17)18/h5,8,10H,1-4,6-7H2,(H,17,18)/t10-/m1/s1. The first-order valence-corrected chi connectivity index (χ1v) is 7.64. The van der Waals surface area contributed by atoms with E-state index in [0.717, 1.165) is 4.88 Å². The lowest BCUT2D eigenvalue weighted by Crippen LogP contribution is -2.46. The number of rotatable bonds is 5. The van der Waals surface area contributed by atoms with Crippen LogP contribution in [-0.2, 0) is 20.7 Å². The Hall–Kier alpha value is -1.11. The quantitative estimate of drug-likeness (QED) is 0.902. The van der Waals surface area contributed by atoms with Crippen molar-refractivity contribution in [3.05, 3.63) is 21.3 Å². The third-order valence-electron chi connectivity index (χ3n) is 3.10. The highest BCUT2D eigenvalue weighted by Gasteiger charge is 2.25. The Morgan fingerprint density at radius 2 is 2.35 bits per heavy atom. The SMILES string of the molecule is O=C(O)C[C@@H]1CN(C(=O)CCc2cc(Cl)cs2)CCO1. The molecule has 0 unspecified atom stereocenters. The van der Waals surface area contributed by atoms with Gasteiger partial charge in [-0.15, -0.1) is 11.3 Å². The number of nitrogens with zero attached hydrogens (tertiary/aromatic N) is 1. The first-order valence-electron chi connectivity index (χ1n) is 6.38. The molecule has 0 bridgehead atoms. The lowest BCUT2D eigenvalue weighted by molar-refractivity contribution is -0.147. The molecule has 0 saturated carbocycles. The molecule has 1 aliphatic rings. The van der Waals surface area contributed by atoms with Gasteiger partial charge in [-0.1, -0.05) is 11.6 Å². The summed E-state index contributed by atoms with van der Waals surface area (Å²) in [6.07, 6.45) is 0.611. The van der Waals surface area contributed by atoms with Crippen LogP contribution in [0, 0.1) is 0 Å². The first-order chi connectivity index (χ1) is 9.54. The highest BCUT2D eigenvalue weighted by molar-refractivity contribution is 7.10. The van der Waals surface area contributed by atoms with Gasteiger partial charge in [0.05, 0.1) is 24.2 Å². The van der Waals surface area contributed by atoms with Crippen molar-refractivity contribution in [1.82, 2.24) is 4.90 Å². The lowest BCUT2D eigenvalue weighted by Gasteiger charge is -2.32. The number of carboxylic acid groups (broad SMARTS) is 1. The highest BCUT2D eigenvalue weighted by atomic mass is 35.5. The molecule has 0 spiro atoms. The molecular weight excluding hydrogens is 302 g/mol. The monoisotopic (exact) mass is 317 g/mol. The van der Waals surface area contributed by atoms with Crippen LogP contribution < -0.4 is 0 Å². The maximum atomic E-state index is 12.1. The molecule has 110 valence electrons. The van der Waals surface area contributed by atoms with Crippen molar-refractivity contribution in [3.8, 4) is 0 Å². The third-order valence-corrected chi connectivity index (χ3v) is 4.44. The van der Waals surface area contributed by atoms with Crippen molar-refractivity contribution in [3.63, 3.8) is 0 Å². The summed E-state index contributed by atoms with van der Waals surface area (Å²) in [5.74, 6) is -0.870. The van der Waals surface area contributed by atoms with E-state index in [4.69, 9.17) is 21.4 Å². The van der Waals surface area contributed by atoms with E-state index < -0.39 is 12.1 Å². The minimum atomic E-state index is -0.905. The van der Waals surface area contributed by atoms with Crippen LogP contribution in [0.1, 0.15) is 17.7 Å². The first kappa shape index (κ1) is 15.3. The predicted octanol–water partition coefficient (Wildman–Crippen LogP) is 2.04. The molecular formula is C13H16ClNO4S. The van der Waals surface area contributed by atoms with Crippen LogP contribution in [0.4, 0.5) is 0 Å². The van der Waals surface area contributed by atoms with Gasteiger partial charge in [-0.2, -0.15) is 0 Å². The average Bonchev–Trinajstić information content (AvgIpc) is 2.81. The van der Waals surface area contributed by atoms with E-state index in [9.17, 15) is 9.59 Å². The fraction of sp³-hybridized carbons (Fsp3) is 0.538. The summed E-state index contributed by atoms with van der Waals surface area (Å²) in [5.41, 5.74) is 0. The number of carboxylic acids is 1. The number of carbonyl (C=O) groups excluding carboxylic acids is 1. The Morgan fingerprint density at radius 3 is 3.00 bits per heavy atom. The van der Waals surface area contributed by atoms with E-state index in [2.05, 4.69) is 0 Å². The summed E-state index contributed by atoms with van der Waals surface area (Å²) >= 11 is 7.38. The smallest absolute Gasteiger partial charge is 0.306 e. The molecule has 1 aromatic rings. The van der Waals surface area contributed by atoms with Gasteiger partial charge < -0.3 is 14.7 Å². The van der Waals surface area contributed by atoms with E-state index in [1.165, 1.54) is 0 Å². The molecule has 1 saturated heterocycles. The second-order valence-corrected chi connectivity index (χ2v) is 6.09.